The van der Waals surface area contributed by atoms with Crippen LogP contribution in [0.3, 0.4) is 0 Å². The lowest BCUT2D eigenvalue weighted by Gasteiger charge is -2.26. The molecule has 2 aliphatic rings. The Bertz CT molecular complexity index is 455. The fourth-order valence-electron chi connectivity index (χ4n) is 3.09. The van der Waals surface area contributed by atoms with Crippen molar-refractivity contribution in [1.82, 2.24) is 0 Å². The van der Waals surface area contributed by atoms with Gasteiger partial charge >= 0.3 is 5.97 Å². The van der Waals surface area contributed by atoms with E-state index in [-0.39, 0.29) is 17.7 Å². The number of hydrogen-bond acceptors (Lipinski definition) is 3. The van der Waals surface area contributed by atoms with E-state index in [1.807, 2.05) is 6.07 Å². The second-order valence-corrected chi connectivity index (χ2v) is 4.80. The summed E-state index contributed by atoms with van der Waals surface area (Å²) in [5.74, 6) is -0.157. The van der Waals surface area contributed by atoms with E-state index in [0.29, 0.717) is 6.42 Å². The third-order valence-electron chi connectivity index (χ3n) is 3.94. The lowest BCUT2D eigenvalue weighted by atomic mass is 9.80. The van der Waals surface area contributed by atoms with Crippen LogP contribution in [0.15, 0.2) is 24.3 Å². The van der Waals surface area contributed by atoms with Gasteiger partial charge in [0, 0.05) is 6.42 Å². The summed E-state index contributed by atoms with van der Waals surface area (Å²) in [7, 11) is 1.43. The summed E-state index contributed by atoms with van der Waals surface area (Å²) in [6.45, 7) is 0. The lowest BCUT2D eigenvalue weighted by Crippen LogP contribution is -2.24. The summed E-state index contributed by atoms with van der Waals surface area (Å²) < 4.78 is 10.8. The Morgan fingerprint density at radius 2 is 2.35 bits per heavy atom. The van der Waals surface area contributed by atoms with Gasteiger partial charge in [0.15, 0.2) is 0 Å². The molecule has 90 valence electrons. The molecule has 1 aromatic carbocycles. The second kappa shape index (κ2) is 3.84. The molecule has 2 aliphatic heterocycles. The Morgan fingerprint density at radius 3 is 3.18 bits per heavy atom. The van der Waals surface area contributed by atoms with Crippen molar-refractivity contribution in [2.75, 3.05) is 7.11 Å². The summed E-state index contributed by atoms with van der Waals surface area (Å²) >= 11 is 0. The Hall–Kier alpha value is -1.35. The van der Waals surface area contributed by atoms with Crippen LogP contribution < -0.4 is 0 Å². The van der Waals surface area contributed by atoms with E-state index in [2.05, 4.69) is 18.2 Å². The molecule has 17 heavy (non-hydrogen) atoms. The molecule has 0 radical (unpaired) electrons. The van der Waals surface area contributed by atoms with Gasteiger partial charge in [0.25, 0.3) is 0 Å². The Morgan fingerprint density at radius 1 is 1.53 bits per heavy atom. The molecule has 2 heterocycles. The van der Waals surface area contributed by atoms with Gasteiger partial charge in [0.2, 0.25) is 0 Å². The van der Waals surface area contributed by atoms with Gasteiger partial charge < -0.3 is 9.47 Å². The van der Waals surface area contributed by atoms with Crippen molar-refractivity contribution in [2.45, 2.75) is 37.4 Å². The molecule has 3 heteroatoms. The number of benzene rings is 1. The molecular weight excluding hydrogens is 216 g/mol. The first-order valence-corrected chi connectivity index (χ1v) is 6.09. The van der Waals surface area contributed by atoms with Crippen LogP contribution in [0.4, 0.5) is 0 Å². The zero-order valence-corrected chi connectivity index (χ0v) is 9.94. The molecule has 3 nitrogen and oxygen atoms in total. The van der Waals surface area contributed by atoms with E-state index in [4.69, 9.17) is 9.47 Å². The monoisotopic (exact) mass is 232 g/mol. The number of rotatable bonds is 3. The zero-order chi connectivity index (χ0) is 11.9. The highest BCUT2D eigenvalue weighted by Crippen LogP contribution is 2.56. The van der Waals surface area contributed by atoms with Crippen molar-refractivity contribution in [3.05, 3.63) is 35.4 Å². The predicted molar refractivity (Wildman–Crippen MR) is 62.4 cm³/mol. The van der Waals surface area contributed by atoms with Crippen LogP contribution in [0, 0.1) is 0 Å². The smallest absolute Gasteiger partial charge is 0.305 e. The Balaban J connectivity index is 1.86. The molecule has 3 rings (SSSR count). The summed E-state index contributed by atoms with van der Waals surface area (Å²) in [5, 5.41) is 0. The van der Waals surface area contributed by atoms with Crippen LogP contribution in [0.1, 0.15) is 42.9 Å². The van der Waals surface area contributed by atoms with Crippen LogP contribution in [-0.2, 0) is 19.9 Å². The Labute approximate surface area is 101 Å². The third kappa shape index (κ3) is 1.57. The molecule has 2 unspecified atom stereocenters. The van der Waals surface area contributed by atoms with E-state index in [9.17, 15) is 4.79 Å². The minimum atomic E-state index is -0.227. The topological polar surface area (TPSA) is 35.5 Å². The first-order chi connectivity index (χ1) is 8.25. The van der Waals surface area contributed by atoms with E-state index in [0.717, 1.165) is 19.3 Å². The average molecular weight is 232 g/mol. The predicted octanol–water partition coefficient (Wildman–Crippen LogP) is 2.70. The second-order valence-electron chi connectivity index (χ2n) is 4.80. The van der Waals surface area contributed by atoms with Crippen molar-refractivity contribution in [3.63, 3.8) is 0 Å². The highest BCUT2D eigenvalue weighted by atomic mass is 16.5. The number of ether oxygens (including phenoxy) is 2. The maximum Gasteiger partial charge on any atom is 0.305 e. The minimum absolute atomic E-state index is 0.157. The summed E-state index contributed by atoms with van der Waals surface area (Å²) in [4.78, 5) is 11.3. The van der Waals surface area contributed by atoms with E-state index >= 15 is 0 Å². The fourth-order valence-corrected chi connectivity index (χ4v) is 3.09. The normalized spacial score (nSPS) is 29.1. The molecule has 0 aromatic heterocycles. The van der Waals surface area contributed by atoms with Crippen LogP contribution in [0.2, 0.25) is 0 Å². The van der Waals surface area contributed by atoms with Crippen LogP contribution in [0.25, 0.3) is 0 Å². The maximum atomic E-state index is 11.3. The SMILES string of the molecule is COC(=O)CCC12CCC(O1)c1ccccc12. The van der Waals surface area contributed by atoms with Gasteiger partial charge in [-0.3, -0.25) is 4.79 Å². The van der Waals surface area contributed by atoms with E-state index in [1.165, 1.54) is 18.2 Å². The van der Waals surface area contributed by atoms with Gasteiger partial charge in [-0.1, -0.05) is 24.3 Å². The first kappa shape index (κ1) is 10.8. The zero-order valence-electron chi connectivity index (χ0n) is 9.94. The van der Waals surface area contributed by atoms with Crippen LogP contribution in [-0.4, -0.2) is 13.1 Å². The lowest BCUT2D eigenvalue weighted by molar-refractivity contribution is -0.142. The minimum Gasteiger partial charge on any atom is -0.469 e. The Kier molecular flexibility index (Phi) is 2.44. The van der Waals surface area contributed by atoms with E-state index in [1.54, 1.807) is 0 Å². The average Bonchev–Trinajstić information content (AvgIpc) is 2.94. The van der Waals surface area contributed by atoms with Gasteiger partial charge in [-0.2, -0.15) is 0 Å². The van der Waals surface area contributed by atoms with Crippen molar-refractivity contribution in [2.24, 2.45) is 0 Å². The molecule has 2 bridgehead atoms. The summed E-state index contributed by atoms with van der Waals surface area (Å²) in [5.41, 5.74) is 2.36. The van der Waals surface area contributed by atoms with Crippen LogP contribution in [0.5, 0.6) is 0 Å². The van der Waals surface area contributed by atoms with Crippen LogP contribution >= 0.6 is 0 Å². The quantitative estimate of drug-likeness (QED) is 0.752. The number of esters is 1. The number of methoxy groups -OCH3 is 1. The maximum absolute atomic E-state index is 11.3. The van der Waals surface area contributed by atoms with Crippen molar-refractivity contribution < 1.29 is 14.3 Å². The molecule has 0 spiro atoms. The molecule has 0 aliphatic carbocycles. The summed E-state index contributed by atoms with van der Waals surface area (Å²) in [6, 6.07) is 8.37. The molecule has 0 saturated carbocycles. The van der Waals surface area contributed by atoms with Crippen molar-refractivity contribution in [1.29, 1.82) is 0 Å². The molecule has 1 saturated heterocycles. The highest BCUT2D eigenvalue weighted by Gasteiger charge is 2.49. The molecule has 0 N–H and O–H groups in total. The van der Waals surface area contributed by atoms with E-state index < -0.39 is 0 Å². The van der Waals surface area contributed by atoms with Crippen molar-refractivity contribution in [3.8, 4) is 0 Å². The summed E-state index contributed by atoms with van der Waals surface area (Å²) in [6.07, 6.45) is 3.48. The number of fused-ring (bicyclic) bond motifs is 5. The van der Waals surface area contributed by atoms with Gasteiger partial charge in [-0.05, 0) is 30.4 Å². The molecular formula is C14H16O3. The number of carbonyl (C=O) groups is 1. The van der Waals surface area contributed by atoms with Gasteiger partial charge in [-0.15, -0.1) is 0 Å². The first-order valence-electron chi connectivity index (χ1n) is 6.09. The van der Waals surface area contributed by atoms with Gasteiger partial charge in [0.05, 0.1) is 18.8 Å². The molecule has 2 atom stereocenters. The fraction of sp³-hybridized carbons (Fsp3) is 0.500. The largest absolute Gasteiger partial charge is 0.469 e. The molecule has 1 aromatic rings. The number of hydrogen-bond donors (Lipinski definition) is 0. The van der Waals surface area contributed by atoms with Crippen molar-refractivity contribution >= 4 is 5.97 Å². The molecule has 0 amide bonds. The third-order valence-corrected chi connectivity index (χ3v) is 3.94. The standard InChI is InChI=1S/C14H16O3/c1-16-13(15)7-9-14-8-6-12(17-14)10-4-2-3-5-11(10)14/h2-5,12H,6-9H2,1H3. The van der Waals surface area contributed by atoms with Gasteiger partial charge in [-0.25, -0.2) is 0 Å². The highest BCUT2D eigenvalue weighted by molar-refractivity contribution is 5.69. The van der Waals surface area contributed by atoms with Gasteiger partial charge in [0.1, 0.15) is 0 Å². The molecule has 1 fully saturated rings. The number of carbonyl (C=O) groups excluding carboxylic acids is 1.